The van der Waals surface area contributed by atoms with Crippen molar-refractivity contribution >= 4 is 17.4 Å². The van der Waals surface area contributed by atoms with Crippen LogP contribution in [0.4, 0.5) is 11.5 Å². The molecular formula is C16H20N4O2. The topological polar surface area (TPSA) is 76.1 Å². The maximum absolute atomic E-state index is 11.8. The van der Waals surface area contributed by atoms with Crippen LogP contribution in [-0.2, 0) is 4.74 Å². The van der Waals surface area contributed by atoms with Crippen molar-refractivity contribution in [2.24, 2.45) is 0 Å². The van der Waals surface area contributed by atoms with Crippen molar-refractivity contribution in [2.45, 2.75) is 13.3 Å². The highest BCUT2D eigenvalue weighted by Crippen LogP contribution is 2.14. The van der Waals surface area contributed by atoms with Crippen molar-refractivity contribution in [1.82, 2.24) is 15.3 Å². The summed E-state index contributed by atoms with van der Waals surface area (Å²) in [4.78, 5) is 20.2. The van der Waals surface area contributed by atoms with E-state index in [0.29, 0.717) is 24.7 Å². The molecule has 0 atom stereocenters. The van der Waals surface area contributed by atoms with Gasteiger partial charge >= 0.3 is 0 Å². The third kappa shape index (κ3) is 4.82. The molecule has 2 N–H and O–H groups in total. The van der Waals surface area contributed by atoms with E-state index in [4.69, 9.17) is 4.74 Å². The molecule has 0 aliphatic heterocycles. The van der Waals surface area contributed by atoms with Crippen molar-refractivity contribution in [2.75, 3.05) is 25.6 Å². The van der Waals surface area contributed by atoms with Crippen LogP contribution in [0.15, 0.2) is 36.7 Å². The number of nitrogens with zero attached hydrogens (tertiary/aromatic N) is 2. The fourth-order valence-electron chi connectivity index (χ4n) is 1.80. The second-order valence-electron chi connectivity index (χ2n) is 4.88. The summed E-state index contributed by atoms with van der Waals surface area (Å²) in [5, 5.41) is 5.90. The normalized spacial score (nSPS) is 10.3. The molecule has 0 unspecified atom stereocenters. The lowest BCUT2D eigenvalue weighted by Gasteiger charge is -2.07. The summed E-state index contributed by atoms with van der Waals surface area (Å²) < 4.78 is 4.92. The Hall–Kier alpha value is -2.47. The number of carbonyl (C=O) groups is 1. The Labute approximate surface area is 129 Å². The number of benzene rings is 1. The van der Waals surface area contributed by atoms with E-state index >= 15 is 0 Å². The van der Waals surface area contributed by atoms with E-state index in [9.17, 15) is 4.79 Å². The molecule has 116 valence electrons. The zero-order valence-corrected chi connectivity index (χ0v) is 12.8. The van der Waals surface area contributed by atoms with Gasteiger partial charge in [0.25, 0.3) is 5.91 Å². The molecule has 1 amide bonds. The molecule has 0 bridgehead atoms. The summed E-state index contributed by atoms with van der Waals surface area (Å²) in [5.41, 5.74) is 2.42. The lowest BCUT2D eigenvalue weighted by Crippen LogP contribution is -2.26. The number of hydrogen-bond donors (Lipinski definition) is 2. The van der Waals surface area contributed by atoms with Gasteiger partial charge in [-0.3, -0.25) is 4.79 Å². The van der Waals surface area contributed by atoms with Crippen molar-refractivity contribution in [3.05, 3.63) is 47.9 Å². The summed E-state index contributed by atoms with van der Waals surface area (Å²) in [6.07, 6.45) is 3.77. The van der Waals surface area contributed by atoms with E-state index in [1.54, 1.807) is 13.3 Å². The predicted octanol–water partition coefficient (Wildman–Crippen LogP) is 2.29. The summed E-state index contributed by atoms with van der Waals surface area (Å²) in [6, 6.07) is 7.95. The highest BCUT2D eigenvalue weighted by Gasteiger charge is 2.07. The number of amides is 1. The van der Waals surface area contributed by atoms with Crippen LogP contribution in [0.5, 0.6) is 0 Å². The summed E-state index contributed by atoms with van der Waals surface area (Å²) in [6.45, 7) is 3.20. The fourth-order valence-corrected chi connectivity index (χ4v) is 1.80. The monoisotopic (exact) mass is 300 g/mol. The Bertz CT molecular complexity index is 597. The minimum Gasteiger partial charge on any atom is -0.385 e. The van der Waals surface area contributed by atoms with Gasteiger partial charge in [0.2, 0.25) is 0 Å². The molecule has 0 aliphatic rings. The minimum absolute atomic E-state index is 0.231. The van der Waals surface area contributed by atoms with E-state index in [-0.39, 0.29) is 5.91 Å². The van der Waals surface area contributed by atoms with Crippen LogP contribution < -0.4 is 10.6 Å². The van der Waals surface area contributed by atoms with Crippen LogP contribution in [-0.4, -0.2) is 36.1 Å². The van der Waals surface area contributed by atoms with Crippen LogP contribution in [0.25, 0.3) is 0 Å². The lowest BCUT2D eigenvalue weighted by atomic mass is 10.2. The van der Waals surface area contributed by atoms with Crippen LogP contribution in [0.3, 0.4) is 0 Å². The number of hydrogen-bond acceptors (Lipinski definition) is 5. The first-order valence-electron chi connectivity index (χ1n) is 7.12. The smallest absolute Gasteiger partial charge is 0.271 e. The SMILES string of the molecule is COCCCNC(=O)c1cnc(Nc2ccc(C)cc2)cn1. The van der Waals surface area contributed by atoms with Gasteiger partial charge in [-0.1, -0.05) is 17.7 Å². The minimum atomic E-state index is -0.231. The molecule has 0 radical (unpaired) electrons. The zero-order valence-electron chi connectivity index (χ0n) is 12.8. The second kappa shape index (κ2) is 8.09. The van der Waals surface area contributed by atoms with Gasteiger partial charge in [-0.2, -0.15) is 0 Å². The number of aromatic nitrogens is 2. The number of rotatable bonds is 7. The first-order valence-corrected chi connectivity index (χ1v) is 7.12. The summed E-state index contributed by atoms with van der Waals surface area (Å²) >= 11 is 0. The number of anilines is 2. The third-order valence-corrected chi connectivity index (χ3v) is 3.02. The molecule has 0 spiro atoms. The van der Waals surface area contributed by atoms with Gasteiger partial charge in [0.15, 0.2) is 0 Å². The average Bonchev–Trinajstić information content (AvgIpc) is 2.54. The molecular weight excluding hydrogens is 280 g/mol. The standard InChI is InChI=1S/C16H20N4O2/c1-12-4-6-13(7-5-12)20-15-11-18-14(10-19-15)16(21)17-8-3-9-22-2/h4-7,10-11H,3,8-9H2,1-2H3,(H,17,21)(H,19,20). The molecule has 22 heavy (non-hydrogen) atoms. The molecule has 1 heterocycles. The maximum Gasteiger partial charge on any atom is 0.271 e. The Balaban J connectivity index is 1.89. The van der Waals surface area contributed by atoms with E-state index in [1.807, 2.05) is 31.2 Å². The summed E-state index contributed by atoms with van der Waals surface area (Å²) in [5.74, 6) is 0.366. The molecule has 6 heteroatoms. The molecule has 0 saturated heterocycles. The Morgan fingerprint density at radius 1 is 1.18 bits per heavy atom. The van der Waals surface area contributed by atoms with E-state index < -0.39 is 0 Å². The Morgan fingerprint density at radius 3 is 2.59 bits per heavy atom. The van der Waals surface area contributed by atoms with Crippen molar-refractivity contribution in [3.8, 4) is 0 Å². The van der Waals surface area contributed by atoms with Crippen molar-refractivity contribution < 1.29 is 9.53 Å². The van der Waals surface area contributed by atoms with Crippen LogP contribution >= 0.6 is 0 Å². The van der Waals surface area contributed by atoms with Gasteiger partial charge < -0.3 is 15.4 Å². The van der Waals surface area contributed by atoms with Crippen LogP contribution in [0, 0.1) is 6.92 Å². The van der Waals surface area contributed by atoms with Gasteiger partial charge in [-0.05, 0) is 25.5 Å². The van der Waals surface area contributed by atoms with Crippen molar-refractivity contribution in [3.63, 3.8) is 0 Å². The molecule has 6 nitrogen and oxygen atoms in total. The number of methoxy groups -OCH3 is 1. The van der Waals surface area contributed by atoms with Gasteiger partial charge in [-0.25, -0.2) is 9.97 Å². The largest absolute Gasteiger partial charge is 0.385 e. The molecule has 1 aromatic carbocycles. The van der Waals surface area contributed by atoms with E-state index in [1.165, 1.54) is 11.8 Å². The average molecular weight is 300 g/mol. The summed E-state index contributed by atoms with van der Waals surface area (Å²) in [7, 11) is 1.63. The molecule has 0 saturated carbocycles. The van der Waals surface area contributed by atoms with Crippen LogP contribution in [0.2, 0.25) is 0 Å². The number of nitrogens with one attached hydrogen (secondary N) is 2. The highest BCUT2D eigenvalue weighted by molar-refractivity contribution is 5.92. The van der Waals surface area contributed by atoms with Gasteiger partial charge in [-0.15, -0.1) is 0 Å². The van der Waals surface area contributed by atoms with Gasteiger partial charge in [0, 0.05) is 25.9 Å². The molecule has 2 aromatic rings. The third-order valence-electron chi connectivity index (χ3n) is 3.02. The molecule has 0 aliphatic carbocycles. The van der Waals surface area contributed by atoms with Gasteiger partial charge in [0.1, 0.15) is 11.5 Å². The fraction of sp³-hybridized carbons (Fsp3) is 0.312. The second-order valence-corrected chi connectivity index (χ2v) is 4.88. The maximum atomic E-state index is 11.8. The molecule has 0 fully saturated rings. The Kier molecular flexibility index (Phi) is 5.85. The van der Waals surface area contributed by atoms with E-state index in [2.05, 4.69) is 20.6 Å². The van der Waals surface area contributed by atoms with Crippen molar-refractivity contribution in [1.29, 1.82) is 0 Å². The highest BCUT2D eigenvalue weighted by atomic mass is 16.5. The van der Waals surface area contributed by atoms with Gasteiger partial charge in [0.05, 0.1) is 12.4 Å². The number of carbonyl (C=O) groups excluding carboxylic acids is 1. The van der Waals surface area contributed by atoms with Crippen LogP contribution in [0.1, 0.15) is 22.5 Å². The quantitative estimate of drug-likeness (QED) is 0.767. The molecule has 2 rings (SSSR count). The number of aryl methyl sites for hydroxylation is 1. The number of ether oxygens (including phenoxy) is 1. The predicted molar refractivity (Wildman–Crippen MR) is 85.3 cm³/mol. The zero-order chi connectivity index (χ0) is 15.8. The lowest BCUT2D eigenvalue weighted by molar-refractivity contribution is 0.0943. The first kappa shape index (κ1) is 15.9. The van der Waals surface area contributed by atoms with E-state index in [0.717, 1.165) is 12.1 Å². The first-order chi connectivity index (χ1) is 10.7. The Morgan fingerprint density at radius 2 is 1.95 bits per heavy atom. The molecule has 1 aromatic heterocycles.